The van der Waals surface area contributed by atoms with Crippen molar-refractivity contribution in [1.29, 1.82) is 0 Å². The normalized spacial score (nSPS) is 21.8. The molecule has 1 N–H and O–H groups in total. The van der Waals surface area contributed by atoms with Crippen LogP contribution in [0.25, 0.3) is 0 Å². The molecule has 0 aromatic heterocycles. The van der Waals surface area contributed by atoms with Crippen molar-refractivity contribution in [2.75, 3.05) is 63.8 Å². The molecule has 2 heterocycles. The van der Waals surface area contributed by atoms with Gasteiger partial charge in [-0.05, 0) is 44.4 Å². The maximum absolute atomic E-state index is 12.8. The molecular formula is C25H39N5O2. The van der Waals surface area contributed by atoms with E-state index >= 15 is 0 Å². The predicted molar refractivity (Wildman–Crippen MR) is 128 cm³/mol. The first kappa shape index (κ1) is 23.1. The van der Waals surface area contributed by atoms with Gasteiger partial charge in [0.25, 0.3) is 5.91 Å². The van der Waals surface area contributed by atoms with E-state index in [9.17, 15) is 9.59 Å². The number of benzene rings is 1. The summed E-state index contributed by atoms with van der Waals surface area (Å²) in [7, 11) is 0. The first-order chi connectivity index (χ1) is 15.5. The van der Waals surface area contributed by atoms with Gasteiger partial charge < -0.3 is 15.1 Å². The Kier molecular flexibility index (Phi) is 7.68. The van der Waals surface area contributed by atoms with Gasteiger partial charge in [-0.3, -0.25) is 19.4 Å². The van der Waals surface area contributed by atoms with Gasteiger partial charge in [0.15, 0.2) is 0 Å². The van der Waals surface area contributed by atoms with E-state index in [1.165, 1.54) is 19.3 Å². The van der Waals surface area contributed by atoms with Crippen LogP contribution in [-0.2, 0) is 4.79 Å². The maximum atomic E-state index is 12.8. The Morgan fingerprint density at radius 3 is 2.38 bits per heavy atom. The molecule has 1 unspecified atom stereocenters. The van der Waals surface area contributed by atoms with Crippen molar-refractivity contribution in [3.63, 3.8) is 0 Å². The fourth-order valence-electron chi connectivity index (χ4n) is 4.80. The van der Waals surface area contributed by atoms with E-state index in [0.717, 1.165) is 70.5 Å². The minimum Gasteiger partial charge on any atom is -0.369 e. The first-order valence-electron chi connectivity index (χ1n) is 12.4. The number of carbonyl (C=O) groups is 2. The number of piperazine rings is 2. The summed E-state index contributed by atoms with van der Waals surface area (Å²) < 4.78 is 0. The van der Waals surface area contributed by atoms with Crippen LogP contribution in [0.1, 0.15) is 49.9 Å². The largest absolute Gasteiger partial charge is 0.369 e. The lowest BCUT2D eigenvalue weighted by molar-refractivity contribution is -0.134. The first-order valence-corrected chi connectivity index (χ1v) is 12.4. The summed E-state index contributed by atoms with van der Waals surface area (Å²) >= 11 is 0. The van der Waals surface area contributed by atoms with Crippen LogP contribution in [0.15, 0.2) is 24.3 Å². The zero-order chi connectivity index (χ0) is 22.5. The number of hydrogen-bond donors (Lipinski definition) is 1. The Labute approximate surface area is 192 Å². The number of carbonyl (C=O) groups excluding carboxylic acids is 2. The van der Waals surface area contributed by atoms with Crippen LogP contribution in [0.5, 0.6) is 0 Å². The van der Waals surface area contributed by atoms with Crippen molar-refractivity contribution in [3.05, 3.63) is 29.8 Å². The summed E-state index contributed by atoms with van der Waals surface area (Å²) in [6.45, 7) is 11.9. The lowest BCUT2D eigenvalue weighted by Crippen LogP contribution is -2.56. The molecule has 3 fully saturated rings. The molecule has 1 atom stereocenters. The van der Waals surface area contributed by atoms with Crippen LogP contribution in [0, 0.1) is 0 Å². The summed E-state index contributed by atoms with van der Waals surface area (Å²) in [5.74, 6) is 0.262. The van der Waals surface area contributed by atoms with Crippen LogP contribution in [-0.4, -0.2) is 97.5 Å². The Hall–Kier alpha value is -2.12. The van der Waals surface area contributed by atoms with Crippen molar-refractivity contribution in [2.45, 2.75) is 51.6 Å². The molecule has 7 nitrogen and oxygen atoms in total. The third-order valence-electron chi connectivity index (χ3n) is 7.45. The second-order valence-electron chi connectivity index (χ2n) is 9.60. The van der Waals surface area contributed by atoms with Crippen molar-refractivity contribution in [1.82, 2.24) is 20.0 Å². The van der Waals surface area contributed by atoms with E-state index in [4.69, 9.17) is 0 Å². The maximum Gasteiger partial charge on any atom is 0.251 e. The molecule has 1 saturated carbocycles. The van der Waals surface area contributed by atoms with Gasteiger partial charge in [0, 0.05) is 75.7 Å². The smallest absolute Gasteiger partial charge is 0.251 e. The van der Waals surface area contributed by atoms with Crippen molar-refractivity contribution in [3.8, 4) is 0 Å². The fraction of sp³-hybridized carbons (Fsp3) is 0.680. The van der Waals surface area contributed by atoms with E-state index in [-0.39, 0.29) is 17.9 Å². The minimum atomic E-state index is -0.0113. The number of anilines is 1. The highest BCUT2D eigenvalue weighted by atomic mass is 16.2. The molecule has 1 aromatic carbocycles. The number of rotatable bonds is 7. The zero-order valence-corrected chi connectivity index (χ0v) is 19.8. The summed E-state index contributed by atoms with van der Waals surface area (Å²) in [5, 5.41) is 3.04. The van der Waals surface area contributed by atoms with Crippen molar-refractivity contribution >= 4 is 17.5 Å². The van der Waals surface area contributed by atoms with Gasteiger partial charge in [-0.25, -0.2) is 0 Å². The van der Waals surface area contributed by atoms with Crippen LogP contribution in [0.3, 0.4) is 0 Å². The Morgan fingerprint density at radius 1 is 1.03 bits per heavy atom. The van der Waals surface area contributed by atoms with Gasteiger partial charge in [-0.1, -0.05) is 19.4 Å². The van der Waals surface area contributed by atoms with Crippen LogP contribution >= 0.6 is 0 Å². The Morgan fingerprint density at radius 2 is 1.75 bits per heavy atom. The quantitative estimate of drug-likeness (QED) is 0.702. The van der Waals surface area contributed by atoms with E-state index in [1.807, 2.05) is 25.1 Å². The Bertz CT molecular complexity index is 780. The highest BCUT2D eigenvalue weighted by molar-refractivity contribution is 5.95. The molecule has 3 aliphatic rings. The molecule has 0 bridgehead atoms. The lowest BCUT2D eigenvalue weighted by atomic mass is 9.91. The monoisotopic (exact) mass is 441 g/mol. The molecule has 0 spiro atoms. The van der Waals surface area contributed by atoms with Crippen molar-refractivity contribution in [2.24, 2.45) is 0 Å². The minimum absolute atomic E-state index is 0.0113. The number of hydrogen-bond acceptors (Lipinski definition) is 5. The molecule has 7 heteroatoms. The average molecular weight is 442 g/mol. The summed E-state index contributed by atoms with van der Waals surface area (Å²) in [4.78, 5) is 34.5. The number of nitrogens with zero attached hydrogens (tertiary/aromatic N) is 4. The molecule has 0 radical (unpaired) electrons. The van der Waals surface area contributed by atoms with Crippen LogP contribution < -0.4 is 10.2 Å². The standard InChI is InChI=1S/C25H39N5O2/c1-3-20(2)26-25(32)21-6-4-9-23(18-21)29-12-10-27(11-13-29)19-24(31)30-16-14-28(15-17-30)22-7-5-8-22/h4,6,9,18,20,22H,3,5,7-8,10-17,19H2,1-2H3,(H,26,32). The van der Waals surface area contributed by atoms with Crippen LogP contribution in [0.2, 0.25) is 0 Å². The second-order valence-corrected chi connectivity index (χ2v) is 9.60. The Balaban J connectivity index is 1.22. The highest BCUT2D eigenvalue weighted by Crippen LogP contribution is 2.25. The van der Waals surface area contributed by atoms with Gasteiger partial charge in [0.05, 0.1) is 6.54 Å². The molecule has 4 rings (SSSR count). The number of nitrogens with one attached hydrogen (secondary N) is 1. The topological polar surface area (TPSA) is 59.1 Å². The summed E-state index contributed by atoms with van der Waals surface area (Å²) in [5.41, 5.74) is 1.79. The van der Waals surface area contributed by atoms with E-state index in [1.54, 1.807) is 0 Å². The summed E-state index contributed by atoms with van der Waals surface area (Å²) in [6.07, 6.45) is 4.96. The predicted octanol–water partition coefficient (Wildman–Crippen LogP) is 2.03. The summed E-state index contributed by atoms with van der Waals surface area (Å²) in [6, 6.07) is 8.84. The van der Waals surface area contributed by atoms with Crippen molar-refractivity contribution < 1.29 is 9.59 Å². The van der Waals surface area contributed by atoms with Gasteiger partial charge in [-0.2, -0.15) is 0 Å². The van der Waals surface area contributed by atoms with E-state index in [0.29, 0.717) is 12.1 Å². The van der Waals surface area contributed by atoms with Gasteiger partial charge in [-0.15, -0.1) is 0 Å². The SMILES string of the molecule is CCC(C)NC(=O)c1cccc(N2CCN(CC(=O)N3CCN(C4CCC4)CC3)CC2)c1. The molecule has 2 amide bonds. The second kappa shape index (κ2) is 10.7. The molecule has 1 aromatic rings. The molecule has 2 saturated heterocycles. The van der Waals surface area contributed by atoms with Gasteiger partial charge in [0.2, 0.25) is 5.91 Å². The zero-order valence-electron chi connectivity index (χ0n) is 19.8. The lowest BCUT2D eigenvalue weighted by Gasteiger charge is -2.43. The van der Waals surface area contributed by atoms with Gasteiger partial charge >= 0.3 is 0 Å². The molecule has 1 aliphatic carbocycles. The van der Waals surface area contributed by atoms with Crippen LogP contribution in [0.4, 0.5) is 5.69 Å². The fourth-order valence-corrected chi connectivity index (χ4v) is 4.80. The molecular weight excluding hydrogens is 402 g/mol. The molecule has 32 heavy (non-hydrogen) atoms. The third-order valence-corrected chi connectivity index (χ3v) is 7.45. The van der Waals surface area contributed by atoms with Gasteiger partial charge in [0.1, 0.15) is 0 Å². The average Bonchev–Trinajstić information content (AvgIpc) is 2.79. The third kappa shape index (κ3) is 5.62. The number of amides is 2. The molecule has 176 valence electrons. The highest BCUT2D eigenvalue weighted by Gasteiger charge is 2.30. The van der Waals surface area contributed by atoms with E-state index < -0.39 is 0 Å². The van der Waals surface area contributed by atoms with E-state index in [2.05, 4.69) is 37.9 Å². The molecule has 2 aliphatic heterocycles.